The van der Waals surface area contributed by atoms with E-state index in [9.17, 15) is 4.79 Å². The van der Waals surface area contributed by atoms with Crippen LogP contribution < -0.4 is 14.9 Å². The fourth-order valence-corrected chi connectivity index (χ4v) is 2.30. The van der Waals surface area contributed by atoms with E-state index in [1.54, 1.807) is 19.2 Å². The molecule has 114 valence electrons. The van der Waals surface area contributed by atoms with Crippen LogP contribution in [0.25, 0.3) is 0 Å². The standard InChI is InChI=1S/C16H22N2O3/c1-20-14-10-6-7-11-15(14)21-12-16(19)18-17-13-8-4-2-3-5-9-13/h6-7,10-11H,2-5,8-9,12H2,1H3,(H,18,19). The number of hydrogen-bond acceptors (Lipinski definition) is 4. The number of amides is 1. The number of ether oxygens (including phenoxy) is 2. The Morgan fingerprint density at radius 1 is 1.14 bits per heavy atom. The summed E-state index contributed by atoms with van der Waals surface area (Å²) in [5.41, 5.74) is 3.65. The van der Waals surface area contributed by atoms with Gasteiger partial charge in [0.25, 0.3) is 5.91 Å². The largest absolute Gasteiger partial charge is 0.493 e. The Hall–Kier alpha value is -2.04. The van der Waals surface area contributed by atoms with Crippen LogP contribution in [0.4, 0.5) is 0 Å². The van der Waals surface area contributed by atoms with Gasteiger partial charge in [-0.1, -0.05) is 25.0 Å². The molecule has 0 saturated heterocycles. The molecule has 0 unspecified atom stereocenters. The zero-order valence-corrected chi connectivity index (χ0v) is 12.4. The normalized spacial score (nSPS) is 15.0. The lowest BCUT2D eigenvalue weighted by Crippen LogP contribution is -2.25. The number of methoxy groups -OCH3 is 1. The Morgan fingerprint density at radius 3 is 2.48 bits per heavy atom. The molecule has 1 saturated carbocycles. The predicted octanol–water partition coefficient (Wildman–Crippen LogP) is 2.90. The lowest BCUT2D eigenvalue weighted by molar-refractivity contribution is -0.123. The van der Waals surface area contributed by atoms with E-state index in [1.165, 1.54) is 12.8 Å². The van der Waals surface area contributed by atoms with Crippen molar-refractivity contribution in [1.82, 2.24) is 5.43 Å². The van der Waals surface area contributed by atoms with Crippen LogP contribution in [0.15, 0.2) is 29.4 Å². The van der Waals surface area contributed by atoms with Crippen LogP contribution in [0.1, 0.15) is 38.5 Å². The minimum Gasteiger partial charge on any atom is -0.493 e. The quantitative estimate of drug-likeness (QED) is 0.670. The van der Waals surface area contributed by atoms with Gasteiger partial charge >= 0.3 is 0 Å². The Morgan fingerprint density at radius 2 is 1.81 bits per heavy atom. The molecule has 0 aliphatic heterocycles. The first kappa shape index (κ1) is 15.4. The third-order valence-corrected chi connectivity index (χ3v) is 3.45. The van der Waals surface area contributed by atoms with Gasteiger partial charge < -0.3 is 9.47 Å². The zero-order valence-electron chi connectivity index (χ0n) is 12.4. The van der Waals surface area contributed by atoms with E-state index in [0.717, 1.165) is 31.4 Å². The van der Waals surface area contributed by atoms with Crippen molar-refractivity contribution in [2.24, 2.45) is 5.10 Å². The molecule has 1 amide bonds. The number of carbonyl (C=O) groups excluding carboxylic acids is 1. The molecule has 5 nitrogen and oxygen atoms in total. The summed E-state index contributed by atoms with van der Waals surface area (Å²) in [6.45, 7) is -0.0723. The van der Waals surface area contributed by atoms with Crippen LogP contribution in [0.5, 0.6) is 11.5 Å². The molecule has 2 rings (SSSR count). The van der Waals surface area contributed by atoms with Gasteiger partial charge in [-0.2, -0.15) is 5.10 Å². The van der Waals surface area contributed by atoms with E-state index in [2.05, 4.69) is 10.5 Å². The summed E-state index contributed by atoms with van der Waals surface area (Å²) in [5, 5.41) is 4.20. The molecule has 0 heterocycles. The molecule has 1 aliphatic rings. The molecule has 0 bridgehead atoms. The number of benzene rings is 1. The third-order valence-electron chi connectivity index (χ3n) is 3.45. The molecular weight excluding hydrogens is 268 g/mol. The molecule has 21 heavy (non-hydrogen) atoms. The van der Waals surface area contributed by atoms with E-state index < -0.39 is 0 Å². The fourth-order valence-electron chi connectivity index (χ4n) is 2.30. The Balaban J connectivity index is 1.80. The number of nitrogens with one attached hydrogen (secondary N) is 1. The Kier molecular flexibility index (Phi) is 6.06. The molecule has 0 aromatic heterocycles. The minimum atomic E-state index is -0.252. The van der Waals surface area contributed by atoms with Gasteiger partial charge in [-0.25, -0.2) is 5.43 Å². The second-order valence-electron chi connectivity index (χ2n) is 5.07. The SMILES string of the molecule is COc1ccccc1OCC(=O)NN=C1CCCCCC1. The number of para-hydroxylation sites is 2. The maximum absolute atomic E-state index is 11.8. The van der Waals surface area contributed by atoms with Gasteiger partial charge in [0.1, 0.15) is 0 Å². The van der Waals surface area contributed by atoms with Crippen molar-refractivity contribution in [3.05, 3.63) is 24.3 Å². The van der Waals surface area contributed by atoms with Gasteiger partial charge in [-0.15, -0.1) is 0 Å². The Bertz CT molecular complexity index is 490. The molecule has 5 heteroatoms. The summed E-state index contributed by atoms with van der Waals surface area (Å²) in [4.78, 5) is 11.8. The summed E-state index contributed by atoms with van der Waals surface area (Å²) in [5.74, 6) is 0.912. The third kappa shape index (κ3) is 5.10. The van der Waals surface area contributed by atoms with Gasteiger partial charge in [0.2, 0.25) is 0 Å². The molecule has 0 radical (unpaired) electrons. The first-order chi connectivity index (χ1) is 10.3. The summed E-state index contributed by atoms with van der Waals surface area (Å²) < 4.78 is 10.6. The smallest absolute Gasteiger partial charge is 0.277 e. The molecule has 1 aliphatic carbocycles. The van der Waals surface area contributed by atoms with E-state index in [4.69, 9.17) is 9.47 Å². The highest BCUT2D eigenvalue weighted by atomic mass is 16.5. The van der Waals surface area contributed by atoms with E-state index in [0.29, 0.717) is 11.5 Å². The van der Waals surface area contributed by atoms with Crippen molar-refractivity contribution in [2.75, 3.05) is 13.7 Å². The van der Waals surface area contributed by atoms with Gasteiger partial charge in [-0.3, -0.25) is 4.79 Å². The number of nitrogens with zero attached hydrogens (tertiary/aromatic N) is 1. The average Bonchev–Trinajstić information content (AvgIpc) is 2.80. The predicted molar refractivity (Wildman–Crippen MR) is 81.8 cm³/mol. The molecule has 1 aromatic rings. The van der Waals surface area contributed by atoms with Crippen LogP contribution in [0, 0.1) is 0 Å². The minimum absolute atomic E-state index is 0.0723. The molecule has 0 spiro atoms. The van der Waals surface area contributed by atoms with Crippen LogP contribution >= 0.6 is 0 Å². The lowest BCUT2D eigenvalue weighted by atomic mass is 10.2. The summed E-state index contributed by atoms with van der Waals surface area (Å²) in [7, 11) is 1.57. The van der Waals surface area contributed by atoms with Gasteiger partial charge in [0.15, 0.2) is 18.1 Å². The van der Waals surface area contributed by atoms with Crippen molar-refractivity contribution in [2.45, 2.75) is 38.5 Å². The van der Waals surface area contributed by atoms with E-state index in [1.807, 2.05) is 12.1 Å². The summed E-state index contributed by atoms with van der Waals surface area (Å²) in [6.07, 6.45) is 6.79. The van der Waals surface area contributed by atoms with E-state index in [-0.39, 0.29) is 12.5 Å². The van der Waals surface area contributed by atoms with Gasteiger partial charge in [0, 0.05) is 5.71 Å². The monoisotopic (exact) mass is 290 g/mol. The number of hydrogen-bond donors (Lipinski definition) is 1. The molecule has 1 aromatic carbocycles. The van der Waals surface area contributed by atoms with Crippen molar-refractivity contribution >= 4 is 11.6 Å². The number of rotatable bonds is 5. The number of hydrazone groups is 1. The van der Waals surface area contributed by atoms with Crippen molar-refractivity contribution in [1.29, 1.82) is 0 Å². The highest BCUT2D eigenvalue weighted by Crippen LogP contribution is 2.25. The lowest BCUT2D eigenvalue weighted by Gasteiger charge is -2.09. The van der Waals surface area contributed by atoms with E-state index >= 15 is 0 Å². The number of carbonyl (C=O) groups is 1. The highest BCUT2D eigenvalue weighted by Gasteiger charge is 2.08. The second kappa shape index (κ2) is 8.29. The molecule has 0 atom stereocenters. The fraction of sp³-hybridized carbons (Fsp3) is 0.500. The molecular formula is C16H22N2O3. The first-order valence-electron chi connectivity index (χ1n) is 7.39. The van der Waals surface area contributed by atoms with Crippen molar-refractivity contribution in [3.63, 3.8) is 0 Å². The Labute approximate surface area is 125 Å². The topological polar surface area (TPSA) is 59.9 Å². The average molecular weight is 290 g/mol. The molecule has 1 N–H and O–H groups in total. The first-order valence-corrected chi connectivity index (χ1v) is 7.39. The van der Waals surface area contributed by atoms with Crippen LogP contribution in [-0.2, 0) is 4.79 Å². The molecule has 1 fully saturated rings. The maximum Gasteiger partial charge on any atom is 0.277 e. The van der Waals surface area contributed by atoms with Crippen LogP contribution in [0.2, 0.25) is 0 Å². The second-order valence-corrected chi connectivity index (χ2v) is 5.07. The summed E-state index contributed by atoms with van der Waals surface area (Å²) >= 11 is 0. The summed E-state index contributed by atoms with van der Waals surface area (Å²) in [6, 6.07) is 7.24. The van der Waals surface area contributed by atoms with Gasteiger partial charge in [-0.05, 0) is 37.8 Å². The van der Waals surface area contributed by atoms with Crippen LogP contribution in [-0.4, -0.2) is 25.3 Å². The zero-order chi connectivity index (χ0) is 14.9. The highest BCUT2D eigenvalue weighted by molar-refractivity contribution is 5.86. The maximum atomic E-state index is 11.8. The van der Waals surface area contributed by atoms with Gasteiger partial charge in [0.05, 0.1) is 7.11 Å². The van der Waals surface area contributed by atoms with Crippen LogP contribution in [0.3, 0.4) is 0 Å². The van der Waals surface area contributed by atoms with Crippen molar-refractivity contribution in [3.8, 4) is 11.5 Å². The van der Waals surface area contributed by atoms with Crippen molar-refractivity contribution < 1.29 is 14.3 Å².